The van der Waals surface area contributed by atoms with Gasteiger partial charge in [-0.1, -0.05) is 72.3 Å². The second-order valence-corrected chi connectivity index (χ2v) is 11.7. The summed E-state index contributed by atoms with van der Waals surface area (Å²) in [6.07, 6.45) is 3.82. The molecule has 3 nitrogen and oxygen atoms in total. The van der Waals surface area contributed by atoms with E-state index in [9.17, 15) is 14.2 Å². The van der Waals surface area contributed by atoms with Crippen molar-refractivity contribution in [2.75, 3.05) is 0 Å². The van der Waals surface area contributed by atoms with Gasteiger partial charge in [0.15, 0.2) is 0 Å². The van der Waals surface area contributed by atoms with Crippen molar-refractivity contribution in [3.8, 4) is 0 Å². The number of benzene rings is 2. The highest BCUT2D eigenvalue weighted by Crippen LogP contribution is 2.61. The van der Waals surface area contributed by atoms with Crippen LogP contribution in [0.3, 0.4) is 0 Å². The molecule has 29 heavy (non-hydrogen) atoms. The molecule has 1 aliphatic rings. The van der Waals surface area contributed by atoms with Crippen LogP contribution < -0.4 is 0 Å². The minimum Gasteiger partial charge on any atom is -0.306 e. The lowest BCUT2D eigenvalue weighted by atomic mass is 10.0. The molecule has 0 radical (unpaired) electrons. The summed E-state index contributed by atoms with van der Waals surface area (Å²) in [5.41, 5.74) is -0.171. The molecule has 1 saturated carbocycles. The molecule has 0 aromatic heterocycles. The van der Waals surface area contributed by atoms with Crippen molar-refractivity contribution in [3.63, 3.8) is 0 Å². The maximum Gasteiger partial charge on any atom is 0.232 e. The second kappa shape index (κ2) is 8.94. The molecule has 1 atom stereocenters. The first-order valence-corrected chi connectivity index (χ1v) is 12.5. The van der Waals surface area contributed by atoms with Gasteiger partial charge in [0, 0.05) is 16.2 Å². The van der Waals surface area contributed by atoms with Crippen LogP contribution in [-0.2, 0) is 4.57 Å². The topological polar surface area (TPSA) is 51.2 Å². The fourth-order valence-corrected chi connectivity index (χ4v) is 8.42. The fraction of sp³-hybridized carbons (Fsp3) is 0.364. The number of hydrogen-bond acceptors (Lipinski definition) is 3. The van der Waals surface area contributed by atoms with Crippen molar-refractivity contribution in [1.29, 1.82) is 0 Å². The van der Waals surface area contributed by atoms with Crippen LogP contribution in [0.15, 0.2) is 30.3 Å². The van der Waals surface area contributed by atoms with Gasteiger partial charge in [0.25, 0.3) is 0 Å². The SMILES string of the molecule is Cc1cccc(C)c1C(=O)P(=O)(C(=O)c1c(Cl)cc(Cl)cc1Cl)C1CCCCC1. The summed E-state index contributed by atoms with van der Waals surface area (Å²) >= 11 is 18.5. The number of aryl methyl sites for hydroxylation is 2. The summed E-state index contributed by atoms with van der Waals surface area (Å²) < 4.78 is 14.4. The van der Waals surface area contributed by atoms with E-state index in [2.05, 4.69) is 0 Å². The van der Waals surface area contributed by atoms with E-state index in [4.69, 9.17) is 34.8 Å². The van der Waals surface area contributed by atoms with Crippen molar-refractivity contribution in [3.05, 3.63) is 67.7 Å². The molecule has 2 aromatic carbocycles. The molecule has 2 aromatic rings. The van der Waals surface area contributed by atoms with Crippen molar-refractivity contribution in [2.45, 2.75) is 51.6 Å². The number of hydrogen-bond donors (Lipinski definition) is 0. The van der Waals surface area contributed by atoms with Gasteiger partial charge < -0.3 is 4.57 Å². The predicted octanol–water partition coefficient (Wildman–Crippen LogP) is 7.94. The zero-order valence-electron chi connectivity index (χ0n) is 16.3. The van der Waals surface area contributed by atoms with Gasteiger partial charge in [-0.25, -0.2) is 0 Å². The predicted molar refractivity (Wildman–Crippen MR) is 121 cm³/mol. The van der Waals surface area contributed by atoms with Crippen LogP contribution in [0.25, 0.3) is 0 Å². The second-order valence-electron chi connectivity index (χ2n) is 7.57. The summed E-state index contributed by atoms with van der Waals surface area (Å²) in [5.74, 6) is 0. The lowest BCUT2D eigenvalue weighted by Gasteiger charge is -2.30. The van der Waals surface area contributed by atoms with Crippen LogP contribution in [0, 0.1) is 13.8 Å². The lowest BCUT2D eigenvalue weighted by Crippen LogP contribution is -2.25. The van der Waals surface area contributed by atoms with E-state index in [1.54, 1.807) is 26.0 Å². The van der Waals surface area contributed by atoms with E-state index >= 15 is 0 Å². The van der Waals surface area contributed by atoms with Crippen LogP contribution in [0.2, 0.25) is 15.1 Å². The fourth-order valence-electron chi connectivity index (χ4n) is 4.10. The highest BCUT2D eigenvalue weighted by molar-refractivity contribution is 7.96. The molecular formula is C22H22Cl3O3P. The standard InChI is InChI=1S/C22H22Cl3O3P/c1-13-7-6-8-14(2)19(13)21(26)29(28,16-9-4-3-5-10-16)22(27)20-17(24)11-15(23)12-18(20)25/h6-8,11-12,16H,3-5,9-10H2,1-2H3. The molecule has 0 saturated heterocycles. The van der Waals surface area contributed by atoms with E-state index in [0.29, 0.717) is 29.5 Å². The minimum absolute atomic E-state index is 0.0119. The van der Waals surface area contributed by atoms with E-state index in [1.165, 1.54) is 12.1 Å². The van der Waals surface area contributed by atoms with Crippen molar-refractivity contribution in [1.82, 2.24) is 0 Å². The Kier molecular flexibility index (Phi) is 6.95. The first-order chi connectivity index (χ1) is 13.7. The first kappa shape index (κ1) is 22.6. The Balaban J connectivity index is 2.21. The normalized spacial score (nSPS) is 17.0. The average molecular weight is 472 g/mol. The summed E-state index contributed by atoms with van der Waals surface area (Å²) in [4.78, 5) is 27.4. The Labute approximate surface area is 186 Å². The number of carbonyl (C=O) groups is 2. The monoisotopic (exact) mass is 470 g/mol. The van der Waals surface area contributed by atoms with Gasteiger partial charge in [-0.05, 0) is 49.9 Å². The van der Waals surface area contributed by atoms with Crippen molar-refractivity contribution in [2.24, 2.45) is 0 Å². The van der Waals surface area contributed by atoms with Crippen molar-refractivity contribution >= 4 is 53.0 Å². The molecule has 0 heterocycles. The lowest BCUT2D eigenvalue weighted by molar-refractivity contribution is 0.103. The molecule has 0 spiro atoms. The first-order valence-electron chi connectivity index (χ1n) is 9.58. The van der Waals surface area contributed by atoms with Gasteiger partial charge in [0.1, 0.15) is 0 Å². The Bertz CT molecular complexity index is 983. The molecule has 3 rings (SSSR count). The largest absolute Gasteiger partial charge is 0.306 e. The molecule has 1 fully saturated rings. The van der Waals surface area contributed by atoms with Crippen LogP contribution >= 0.6 is 41.9 Å². The smallest absolute Gasteiger partial charge is 0.232 e. The molecular weight excluding hydrogens is 450 g/mol. The van der Waals surface area contributed by atoms with Gasteiger partial charge in [-0.3, -0.25) is 9.59 Å². The Hall–Kier alpha value is -1.12. The zero-order chi connectivity index (χ0) is 21.3. The van der Waals surface area contributed by atoms with Crippen LogP contribution in [0.1, 0.15) is 63.9 Å². The Morgan fingerprint density at radius 3 is 1.86 bits per heavy atom. The molecule has 0 N–H and O–H groups in total. The molecule has 0 aliphatic heterocycles. The van der Waals surface area contributed by atoms with Gasteiger partial charge >= 0.3 is 0 Å². The third-order valence-electron chi connectivity index (χ3n) is 5.61. The zero-order valence-corrected chi connectivity index (χ0v) is 19.5. The summed E-state index contributed by atoms with van der Waals surface area (Å²) in [6.45, 7) is 3.58. The maximum atomic E-state index is 14.4. The summed E-state index contributed by atoms with van der Waals surface area (Å²) in [6, 6.07) is 8.19. The summed E-state index contributed by atoms with van der Waals surface area (Å²) in [7, 11) is -4.03. The Morgan fingerprint density at radius 2 is 1.34 bits per heavy atom. The molecule has 1 unspecified atom stereocenters. The van der Waals surface area contributed by atoms with Crippen LogP contribution in [0.4, 0.5) is 0 Å². The third kappa shape index (κ3) is 4.21. The van der Waals surface area contributed by atoms with Gasteiger partial charge in [-0.15, -0.1) is 0 Å². The molecule has 0 amide bonds. The van der Waals surface area contributed by atoms with E-state index < -0.39 is 23.8 Å². The third-order valence-corrected chi connectivity index (χ3v) is 9.62. The average Bonchev–Trinajstić information content (AvgIpc) is 2.66. The van der Waals surface area contributed by atoms with E-state index in [0.717, 1.165) is 19.3 Å². The minimum atomic E-state index is -4.03. The molecule has 1 aliphatic carbocycles. The Morgan fingerprint density at radius 1 is 0.862 bits per heavy atom. The van der Waals surface area contributed by atoms with Crippen LogP contribution in [0.5, 0.6) is 0 Å². The molecule has 7 heteroatoms. The van der Waals surface area contributed by atoms with Gasteiger partial charge in [0.2, 0.25) is 18.2 Å². The van der Waals surface area contributed by atoms with Crippen molar-refractivity contribution < 1.29 is 14.2 Å². The number of carbonyl (C=O) groups excluding carboxylic acids is 2. The van der Waals surface area contributed by atoms with E-state index in [1.807, 2.05) is 6.07 Å². The van der Waals surface area contributed by atoms with E-state index in [-0.39, 0.29) is 20.6 Å². The summed E-state index contributed by atoms with van der Waals surface area (Å²) in [5, 5.41) is 0.292. The highest BCUT2D eigenvalue weighted by Gasteiger charge is 2.49. The van der Waals surface area contributed by atoms with Gasteiger partial charge in [0.05, 0.1) is 15.6 Å². The quantitative estimate of drug-likeness (QED) is 0.416. The molecule has 0 bridgehead atoms. The van der Waals surface area contributed by atoms with Gasteiger partial charge in [-0.2, -0.15) is 0 Å². The number of halogens is 3. The maximum absolute atomic E-state index is 14.4. The molecule has 154 valence electrons. The number of rotatable bonds is 5. The van der Waals surface area contributed by atoms with Crippen LogP contribution in [-0.4, -0.2) is 16.7 Å². The highest BCUT2D eigenvalue weighted by atomic mass is 35.5.